The first kappa shape index (κ1) is 12.2. The summed E-state index contributed by atoms with van der Waals surface area (Å²) in [7, 11) is 0. The maximum absolute atomic E-state index is 12.1. The lowest BCUT2D eigenvalue weighted by molar-refractivity contribution is 0.0946. The molecule has 1 aromatic carbocycles. The molecule has 0 bridgehead atoms. The van der Waals surface area contributed by atoms with Gasteiger partial charge in [-0.2, -0.15) is 5.26 Å². The van der Waals surface area contributed by atoms with Crippen molar-refractivity contribution in [3.05, 3.63) is 29.3 Å². The number of rotatable bonds is 3. The molecule has 0 aliphatic carbocycles. The van der Waals surface area contributed by atoms with Crippen LogP contribution in [0.3, 0.4) is 0 Å². The molecule has 1 atom stereocenters. The Kier molecular flexibility index (Phi) is 3.86. The van der Waals surface area contributed by atoms with Crippen molar-refractivity contribution < 1.29 is 4.79 Å². The second kappa shape index (κ2) is 5.37. The van der Waals surface area contributed by atoms with Gasteiger partial charge in [-0.3, -0.25) is 4.79 Å². The average Bonchev–Trinajstić information content (AvgIpc) is 2.39. The van der Waals surface area contributed by atoms with E-state index >= 15 is 0 Å². The first-order valence-corrected chi connectivity index (χ1v) is 6.94. The Labute approximate surface area is 106 Å². The second-order valence-electron chi connectivity index (χ2n) is 4.23. The fourth-order valence-electron chi connectivity index (χ4n) is 2.05. The summed E-state index contributed by atoms with van der Waals surface area (Å²) in [4.78, 5) is 13.4. The van der Waals surface area contributed by atoms with Gasteiger partial charge in [0.05, 0.1) is 6.07 Å². The highest BCUT2D eigenvalue weighted by Gasteiger charge is 2.19. The van der Waals surface area contributed by atoms with Gasteiger partial charge in [0, 0.05) is 10.5 Å². The third kappa shape index (κ3) is 2.53. The Morgan fingerprint density at radius 2 is 2.41 bits per heavy atom. The van der Waals surface area contributed by atoms with Crippen LogP contribution in [0.2, 0.25) is 0 Å². The zero-order valence-electron chi connectivity index (χ0n) is 9.90. The number of hydrogen-bond acceptors (Lipinski definition) is 3. The first-order chi connectivity index (χ1) is 8.26. The molecule has 1 aromatic rings. The van der Waals surface area contributed by atoms with Gasteiger partial charge in [0.1, 0.15) is 5.92 Å². The van der Waals surface area contributed by atoms with Crippen molar-refractivity contribution in [2.45, 2.75) is 31.1 Å². The number of nitrogens with zero attached hydrogens (tertiary/aromatic N) is 1. The van der Waals surface area contributed by atoms with E-state index in [0.717, 1.165) is 12.2 Å². The molecule has 0 N–H and O–H groups in total. The summed E-state index contributed by atoms with van der Waals surface area (Å²) in [6, 6.07) is 7.94. The van der Waals surface area contributed by atoms with E-state index in [4.69, 9.17) is 5.26 Å². The van der Waals surface area contributed by atoms with Crippen LogP contribution >= 0.6 is 11.8 Å². The summed E-state index contributed by atoms with van der Waals surface area (Å²) in [5.74, 6) is 0.633. The molecule has 0 saturated carbocycles. The van der Waals surface area contributed by atoms with Gasteiger partial charge in [-0.05, 0) is 42.7 Å². The summed E-state index contributed by atoms with van der Waals surface area (Å²) in [6.45, 7) is 1.88. The molecule has 17 heavy (non-hydrogen) atoms. The molecule has 2 nitrogen and oxygen atoms in total. The van der Waals surface area contributed by atoms with E-state index in [9.17, 15) is 4.79 Å². The van der Waals surface area contributed by atoms with Crippen LogP contribution in [0, 0.1) is 17.2 Å². The van der Waals surface area contributed by atoms with Crippen molar-refractivity contribution in [1.29, 1.82) is 5.26 Å². The lowest BCUT2D eigenvalue weighted by Gasteiger charge is -2.16. The highest BCUT2D eigenvalue weighted by molar-refractivity contribution is 7.99. The lowest BCUT2D eigenvalue weighted by Crippen LogP contribution is -2.13. The predicted octanol–water partition coefficient (Wildman–Crippen LogP) is 3.46. The molecule has 0 aromatic heterocycles. The molecule has 1 heterocycles. The van der Waals surface area contributed by atoms with Crippen LogP contribution in [-0.2, 0) is 6.42 Å². The van der Waals surface area contributed by atoms with Crippen LogP contribution in [0.1, 0.15) is 35.7 Å². The van der Waals surface area contributed by atoms with Gasteiger partial charge in [-0.15, -0.1) is 11.8 Å². The first-order valence-electron chi connectivity index (χ1n) is 5.95. The monoisotopic (exact) mass is 245 g/mol. The van der Waals surface area contributed by atoms with Crippen molar-refractivity contribution in [2.24, 2.45) is 5.92 Å². The van der Waals surface area contributed by atoms with E-state index in [0.29, 0.717) is 12.0 Å². The third-order valence-electron chi connectivity index (χ3n) is 3.07. The molecular weight excluding hydrogens is 230 g/mol. The number of benzene rings is 1. The summed E-state index contributed by atoms with van der Waals surface area (Å²) in [6.07, 6.45) is 2.80. The molecular formula is C14H15NOS. The van der Waals surface area contributed by atoms with Crippen molar-refractivity contribution in [2.75, 3.05) is 5.75 Å². The number of hydrogen-bond donors (Lipinski definition) is 0. The summed E-state index contributed by atoms with van der Waals surface area (Å²) < 4.78 is 0. The molecule has 1 aliphatic heterocycles. The predicted molar refractivity (Wildman–Crippen MR) is 69.2 cm³/mol. The van der Waals surface area contributed by atoms with Gasteiger partial charge < -0.3 is 0 Å². The number of aryl methyl sites for hydroxylation is 1. The Hall–Kier alpha value is -1.27. The summed E-state index contributed by atoms with van der Waals surface area (Å²) in [5, 5.41) is 8.92. The largest absolute Gasteiger partial charge is 0.293 e. The van der Waals surface area contributed by atoms with E-state index in [2.05, 4.69) is 6.07 Å². The van der Waals surface area contributed by atoms with Crippen LogP contribution in [0.5, 0.6) is 0 Å². The van der Waals surface area contributed by atoms with E-state index < -0.39 is 5.92 Å². The Morgan fingerprint density at radius 3 is 3.12 bits per heavy atom. The molecule has 1 unspecified atom stereocenters. The van der Waals surface area contributed by atoms with Crippen molar-refractivity contribution in [1.82, 2.24) is 0 Å². The second-order valence-corrected chi connectivity index (χ2v) is 5.37. The smallest absolute Gasteiger partial charge is 0.179 e. The van der Waals surface area contributed by atoms with Crippen LogP contribution in [0.4, 0.5) is 0 Å². The highest BCUT2D eigenvalue weighted by Crippen LogP contribution is 2.31. The SMILES string of the molecule is CCC(C#N)C(=O)c1ccc2c(c1)CCCS2. The maximum Gasteiger partial charge on any atom is 0.179 e. The van der Waals surface area contributed by atoms with Crippen LogP contribution in [-0.4, -0.2) is 11.5 Å². The van der Waals surface area contributed by atoms with Crippen molar-refractivity contribution >= 4 is 17.5 Å². The molecule has 2 rings (SSSR count). The van der Waals surface area contributed by atoms with Crippen molar-refractivity contribution in [3.63, 3.8) is 0 Å². The maximum atomic E-state index is 12.1. The average molecular weight is 245 g/mol. The van der Waals surface area contributed by atoms with Crippen LogP contribution in [0.15, 0.2) is 23.1 Å². The number of thioether (sulfide) groups is 1. The number of carbonyl (C=O) groups excluding carboxylic acids is 1. The zero-order valence-corrected chi connectivity index (χ0v) is 10.7. The van der Waals surface area contributed by atoms with E-state index in [-0.39, 0.29) is 5.78 Å². The minimum atomic E-state index is -0.496. The molecule has 88 valence electrons. The number of carbonyl (C=O) groups is 1. The van der Waals surface area contributed by atoms with Crippen LogP contribution < -0.4 is 0 Å². The fraction of sp³-hybridized carbons (Fsp3) is 0.429. The Bertz CT molecular complexity index is 476. The number of fused-ring (bicyclic) bond motifs is 1. The molecule has 0 saturated heterocycles. The van der Waals surface area contributed by atoms with Crippen molar-refractivity contribution in [3.8, 4) is 6.07 Å². The molecule has 0 fully saturated rings. The van der Waals surface area contributed by atoms with Gasteiger partial charge in [-0.1, -0.05) is 13.0 Å². The zero-order chi connectivity index (χ0) is 12.3. The molecule has 0 spiro atoms. The van der Waals surface area contributed by atoms with E-state index in [1.807, 2.05) is 36.9 Å². The minimum Gasteiger partial charge on any atom is -0.293 e. The Morgan fingerprint density at radius 1 is 1.59 bits per heavy atom. The molecule has 0 amide bonds. The van der Waals surface area contributed by atoms with Gasteiger partial charge in [0.25, 0.3) is 0 Å². The molecule has 0 radical (unpaired) electrons. The summed E-state index contributed by atoms with van der Waals surface area (Å²) in [5.41, 5.74) is 1.96. The number of nitriles is 1. The van der Waals surface area contributed by atoms with E-state index in [1.54, 1.807) is 0 Å². The highest BCUT2D eigenvalue weighted by atomic mass is 32.2. The summed E-state index contributed by atoms with van der Waals surface area (Å²) >= 11 is 1.85. The van der Waals surface area contributed by atoms with Gasteiger partial charge in [-0.25, -0.2) is 0 Å². The Balaban J connectivity index is 2.28. The van der Waals surface area contributed by atoms with Crippen LogP contribution in [0.25, 0.3) is 0 Å². The van der Waals surface area contributed by atoms with E-state index in [1.165, 1.54) is 16.9 Å². The number of ketones is 1. The standard InChI is InChI=1S/C14H15NOS/c1-2-10(9-15)14(16)12-5-6-13-11(8-12)4-3-7-17-13/h5-6,8,10H,2-4,7H2,1H3. The van der Waals surface area contributed by atoms with Gasteiger partial charge >= 0.3 is 0 Å². The normalized spacial score (nSPS) is 15.8. The quantitative estimate of drug-likeness (QED) is 0.766. The van der Waals surface area contributed by atoms with Gasteiger partial charge in [0.15, 0.2) is 5.78 Å². The third-order valence-corrected chi connectivity index (χ3v) is 4.28. The minimum absolute atomic E-state index is 0.0339. The topological polar surface area (TPSA) is 40.9 Å². The fourth-order valence-corrected chi connectivity index (χ4v) is 3.07. The molecule has 3 heteroatoms. The lowest BCUT2D eigenvalue weighted by atomic mass is 9.94. The number of Topliss-reactive ketones (excluding diaryl/α,β-unsaturated/α-hetero) is 1. The van der Waals surface area contributed by atoms with Gasteiger partial charge in [0.2, 0.25) is 0 Å². The molecule has 1 aliphatic rings.